The molecule has 1 aliphatic rings. The van der Waals surface area contributed by atoms with Gasteiger partial charge in [0.15, 0.2) is 0 Å². The Hall–Kier alpha value is -0.680. The number of hydrogen-bond donors (Lipinski definition) is 0. The second-order valence-corrected chi connectivity index (χ2v) is 6.70. The average molecular weight is 412 g/mol. The molecule has 0 aliphatic carbocycles. The van der Waals surface area contributed by atoms with Gasteiger partial charge in [-0.2, -0.15) is 0 Å². The molecule has 1 heterocycles. The second-order valence-electron chi connectivity index (χ2n) is 5.22. The Balaban J connectivity index is 1.85. The summed E-state index contributed by atoms with van der Waals surface area (Å²) in [6, 6.07) is 16.5. The van der Waals surface area contributed by atoms with Crippen LogP contribution in [0, 0.1) is 6.92 Å². The quantitative estimate of drug-likeness (QED) is 0.654. The van der Waals surface area contributed by atoms with E-state index in [-0.39, 0.29) is 6.10 Å². The summed E-state index contributed by atoms with van der Waals surface area (Å²) in [5.74, 6) is -0.703. The fourth-order valence-electron chi connectivity index (χ4n) is 2.46. The maximum atomic E-state index is 6.27. The van der Waals surface area contributed by atoms with Crippen molar-refractivity contribution in [2.45, 2.75) is 18.8 Å². The fourth-order valence-corrected chi connectivity index (χ4v) is 3.34. The Bertz CT molecular complexity index is 610. The summed E-state index contributed by atoms with van der Waals surface area (Å²) in [7, 11) is 0. The first-order valence-electron chi connectivity index (χ1n) is 6.83. The van der Waals surface area contributed by atoms with Gasteiger partial charge in [-0.3, -0.25) is 0 Å². The Labute approximate surface area is 141 Å². The van der Waals surface area contributed by atoms with Crippen molar-refractivity contribution in [2.24, 2.45) is 0 Å². The lowest BCUT2D eigenvalue weighted by Gasteiger charge is -2.26. The summed E-state index contributed by atoms with van der Waals surface area (Å²) in [6.45, 7) is 2.63. The van der Waals surface area contributed by atoms with E-state index in [4.69, 9.17) is 9.47 Å². The molecule has 0 N–H and O–H groups in total. The van der Waals surface area contributed by atoms with Crippen LogP contribution in [0.1, 0.15) is 22.8 Å². The van der Waals surface area contributed by atoms with Gasteiger partial charge < -0.3 is 9.47 Å². The maximum absolute atomic E-state index is 6.27. The second kappa shape index (κ2) is 6.21. The molecule has 2 aromatic carbocycles. The highest BCUT2D eigenvalue weighted by atomic mass is 79.9. The van der Waals surface area contributed by atoms with Gasteiger partial charge in [0.2, 0.25) is 5.79 Å². The van der Waals surface area contributed by atoms with E-state index in [1.54, 1.807) is 0 Å². The smallest absolute Gasteiger partial charge is 0.205 e. The summed E-state index contributed by atoms with van der Waals surface area (Å²) in [4.78, 5) is 0. The molecule has 0 aromatic heterocycles. The predicted molar refractivity (Wildman–Crippen MR) is 90.6 cm³/mol. The summed E-state index contributed by atoms with van der Waals surface area (Å²) >= 11 is 7.00. The lowest BCUT2D eigenvalue weighted by atomic mass is 10.1. The van der Waals surface area contributed by atoms with E-state index in [1.807, 2.05) is 12.1 Å². The zero-order chi connectivity index (χ0) is 14.9. The molecule has 4 heteroatoms. The minimum absolute atomic E-state index is 0.0445. The maximum Gasteiger partial charge on any atom is 0.205 e. The highest BCUT2D eigenvalue weighted by Gasteiger charge is 2.42. The molecule has 2 nitrogen and oxygen atoms in total. The highest BCUT2D eigenvalue weighted by molar-refractivity contribution is 9.10. The van der Waals surface area contributed by atoms with Crippen LogP contribution >= 0.6 is 31.9 Å². The molecule has 0 amide bonds. The summed E-state index contributed by atoms with van der Waals surface area (Å²) in [6.07, 6.45) is -0.0445. The number of ether oxygens (including phenoxy) is 2. The topological polar surface area (TPSA) is 18.5 Å². The molecule has 0 saturated carbocycles. The summed E-state index contributed by atoms with van der Waals surface area (Å²) < 4.78 is 13.4. The number of rotatable bonds is 3. The SMILES string of the molecule is Cc1ccc(C2(CBr)OCC(c3ccc(Br)cc3)O2)cc1. The van der Waals surface area contributed by atoms with Crippen LogP contribution in [0.25, 0.3) is 0 Å². The van der Waals surface area contributed by atoms with Crippen molar-refractivity contribution in [1.82, 2.24) is 0 Å². The minimum Gasteiger partial charge on any atom is -0.342 e. The van der Waals surface area contributed by atoms with Crippen LogP contribution in [0.5, 0.6) is 0 Å². The van der Waals surface area contributed by atoms with E-state index < -0.39 is 5.79 Å². The van der Waals surface area contributed by atoms with Gasteiger partial charge in [0.05, 0.1) is 11.9 Å². The van der Waals surface area contributed by atoms with Crippen LogP contribution in [-0.4, -0.2) is 11.9 Å². The first kappa shape index (κ1) is 15.2. The Morgan fingerprint density at radius 3 is 2.38 bits per heavy atom. The molecule has 21 heavy (non-hydrogen) atoms. The minimum atomic E-state index is -0.703. The number of hydrogen-bond acceptors (Lipinski definition) is 2. The third-order valence-corrected chi connectivity index (χ3v) is 4.98. The highest BCUT2D eigenvalue weighted by Crippen LogP contribution is 2.41. The fraction of sp³-hybridized carbons (Fsp3) is 0.294. The van der Waals surface area contributed by atoms with Crippen molar-refractivity contribution < 1.29 is 9.47 Å². The van der Waals surface area contributed by atoms with Crippen molar-refractivity contribution in [3.63, 3.8) is 0 Å². The molecule has 1 fully saturated rings. The molecule has 1 saturated heterocycles. The van der Waals surface area contributed by atoms with E-state index >= 15 is 0 Å². The van der Waals surface area contributed by atoms with Gasteiger partial charge in [0.1, 0.15) is 6.10 Å². The first-order chi connectivity index (χ1) is 10.1. The van der Waals surface area contributed by atoms with Crippen LogP contribution < -0.4 is 0 Å². The van der Waals surface area contributed by atoms with E-state index in [2.05, 4.69) is 75.2 Å². The summed E-state index contributed by atoms with van der Waals surface area (Å²) in [5.41, 5.74) is 3.41. The summed E-state index contributed by atoms with van der Waals surface area (Å²) in [5, 5.41) is 0.607. The standard InChI is InChI=1S/C17H16Br2O2/c1-12-2-6-14(7-3-12)17(11-18)20-10-16(21-17)13-4-8-15(19)9-5-13/h2-9,16H,10-11H2,1H3. The molecule has 3 rings (SSSR count). The predicted octanol–water partition coefficient (Wildman–Crippen LogP) is 5.09. The van der Waals surface area contributed by atoms with Crippen LogP contribution in [0.4, 0.5) is 0 Å². The zero-order valence-electron chi connectivity index (χ0n) is 11.7. The van der Waals surface area contributed by atoms with Gasteiger partial charge in [-0.05, 0) is 24.6 Å². The van der Waals surface area contributed by atoms with Crippen molar-refractivity contribution >= 4 is 31.9 Å². The number of halogens is 2. The van der Waals surface area contributed by atoms with E-state index in [0.29, 0.717) is 11.9 Å². The Kier molecular flexibility index (Phi) is 4.50. The largest absolute Gasteiger partial charge is 0.342 e. The zero-order valence-corrected chi connectivity index (χ0v) is 14.9. The van der Waals surface area contributed by atoms with Gasteiger partial charge in [-0.1, -0.05) is 73.8 Å². The van der Waals surface area contributed by atoms with Crippen LogP contribution in [0.3, 0.4) is 0 Å². The van der Waals surface area contributed by atoms with Crippen LogP contribution in [-0.2, 0) is 15.3 Å². The van der Waals surface area contributed by atoms with Gasteiger partial charge in [0.25, 0.3) is 0 Å². The molecule has 2 aromatic rings. The Morgan fingerprint density at radius 2 is 1.76 bits per heavy atom. The average Bonchev–Trinajstić information content (AvgIpc) is 2.94. The Morgan fingerprint density at radius 1 is 1.10 bits per heavy atom. The third kappa shape index (κ3) is 3.09. The molecular weight excluding hydrogens is 396 g/mol. The molecule has 2 unspecified atom stereocenters. The first-order valence-corrected chi connectivity index (χ1v) is 8.75. The number of aryl methyl sites for hydroxylation is 1. The normalized spacial score (nSPS) is 25.2. The van der Waals surface area contributed by atoms with E-state index in [9.17, 15) is 0 Å². The van der Waals surface area contributed by atoms with Crippen molar-refractivity contribution in [2.75, 3.05) is 11.9 Å². The molecule has 0 radical (unpaired) electrons. The number of benzene rings is 2. The van der Waals surface area contributed by atoms with E-state index in [1.165, 1.54) is 5.56 Å². The monoisotopic (exact) mass is 410 g/mol. The van der Waals surface area contributed by atoms with Crippen molar-refractivity contribution in [3.8, 4) is 0 Å². The molecule has 1 aliphatic heterocycles. The molecule has 110 valence electrons. The van der Waals surface area contributed by atoms with Gasteiger partial charge in [-0.15, -0.1) is 0 Å². The number of alkyl halides is 1. The molecular formula is C17H16Br2O2. The van der Waals surface area contributed by atoms with Gasteiger partial charge >= 0.3 is 0 Å². The third-order valence-electron chi connectivity index (χ3n) is 3.71. The van der Waals surface area contributed by atoms with E-state index in [0.717, 1.165) is 15.6 Å². The van der Waals surface area contributed by atoms with Crippen molar-refractivity contribution in [1.29, 1.82) is 0 Å². The molecule has 0 bridgehead atoms. The van der Waals surface area contributed by atoms with Crippen LogP contribution in [0.15, 0.2) is 53.0 Å². The van der Waals surface area contributed by atoms with Gasteiger partial charge in [-0.25, -0.2) is 0 Å². The molecule has 0 spiro atoms. The molecule has 2 atom stereocenters. The van der Waals surface area contributed by atoms with Crippen LogP contribution in [0.2, 0.25) is 0 Å². The van der Waals surface area contributed by atoms with Gasteiger partial charge in [0, 0.05) is 10.0 Å². The van der Waals surface area contributed by atoms with Crippen molar-refractivity contribution in [3.05, 3.63) is 69.7 Å². The lowest BCUT2D eigenvalue weighted by Crippen LogP contribution is -2.29. The lowest BCUT2D eigenvalue weighted by molar-refractivity contribution is -0.157.